The molecule has 1 saturated carbocycles. The van der Waals surface area contributed by atoms with Crippen molar-refractivity contribution >= 4 is 5.91 Å². The summed E-state index contributed by atoms with van der Waals surface area (Å²) in [5, 5.41) is 12.1. The molecule has 2 unspecified atom stereocenters. The second kappa shape index (κ2) is 4.49. The molecule has 0 spiro atoms. The van der Waals surface area contributed by atoms with Crippen LogP contribution in [0.2, 0.25) is 0 Å². The molecule has 1 aliphatic carbocycles. The Kier molecular flexibility index (Phi) is 3.26. The van der Waals surface area contributed by atoms with Gasteiger partial charge in [0.1, 0.15) is 0 Å². The Morgan fingerprint density at radius 1 is 1.53 bits per heavy atom. The highest BCUT2D eigenvalue weighted by atomic mass is 16.5. The van der Waals surface area contributed by atoms with E-state index in [0.717, 1.165) is 19.3 Å². The minimum atomic E-state index is -0.138. The summed E-state index contributed by atoms with van der Waals surface area (Å²) in [4.78, 5) is 11.7. The summed E-state index contributed by atoms with van der Waals surface area (Å²) in [7, 11) is 0. The number of carbonyl (C=O) groups is 1. The number of hydrogen-bond donors (Lipinski definition) is 2. The molecule has 86 valence electrons. The third-order valence-corrected chi connectivity index (χ3v) is 3.49. The van der Waals surface area contributed by atoms with Gasteiger partial charge in [0.05, 0.1) is 18.1 Å². The molecule has 2 aliphatic rings. The molecule has 0 aromatic heterocycles. The first kappa shape index (κ1) is 10.9. The van der Waals surface area contributed by atoms with Gasteiger partial charge in [-0.25, -0.2) is 0 Å². The lowest BCUT2D eigenvalue weighted by Gasteiger charge is -2.31. The molecule has 4 heteroatoms. The van der Waals surface area contributed by atoms with Crippen molar-refractivity contribution in [1.29, 1.82) is 0 Å². The molecule has 2 atom stereocenters. The number of aliphatic hydroxyl groups excluding tert-OH is 1. The molecule has 15 heavy (non-hydrogen) atoms. The highest BCUT2D eigenvalue weighted by molar-refractivity contribution is 5.79. The van der Waals surface area contributed by atoms with Crippen LogP contribution in [0.25, 0.3) is 0 Å². The monoisotopic (exact) mass is 213 g/mol. The first-order chi connectivity index (χ1) is 7.16. The van der Waals surface area contributed by atoms with Gasteiger partial charge >= 0.3 is 0 Å². The molecule has 1 amide bonds. The molecule has 2 fully saturated rings. The van der Waals surface area contributed by atoms with Gasteiger partial charge in [0.2, 0.25) is 5.91 Å². The second-order valence-corrected chi connectivity index (χ2v) is 4.71. The molecule has 0 bridgehead atoms. The quantitative estimate of drug-likeness (QED) is 0.709. The van der Waals surface area contributed by atoms with E-state index < -0.39 is 0 Å². The third-order valence-electron chi connectivity index (χ3n) is 3.49. The van der Waals surface area contributed by atoms with Crippen LogP contribution < -0.4 is 5.32 Å². The van der Waals surface area contributed by atoms with Crippen molar-refractivity contribution in [3.8, 4) is 0 Å². The lowest BCUT2D eigenvalue weighted by atomic mass is 9.82. The van der Waals surface area contributed by atoms with Crippen LogP contribution in [0.4, 0.5) is 0 Å². The Hall–Kier alpha value is -0.610. The van der Waals surface area contributed by atoms with Crippen LogP contribution in [0.15, 0.2) is 0 Å². The third kappa shape index (κ3) is 2.49. The lowest BCUT2D eigenvalue weighted by molar-refractivity contribution is -0.126. The van der Waals surface area contributed by atoms with Crippen LogP contribution in [0.1, 0.15) is 26.2 Å². The fourth-order valence-electron chi connectivity index (χ4n) is 2.32. The van der Waals surface area contributed by atoms with E-state index >= 15 is 0 Å². The second-order valence-electron chi connectivity index (χ2n) is 4.71. The van der Waals surface area contributed by atoms with Crippen LogP contribution in [0.3, 0.4) is 0 Å². The number of amides is 1. The Labute approximate surface area is 90.0 Å². The number of carbonyl (C=O) groups excluding carboxylic acids is 1. The Balaban J connectivity index is 1.68. The van der Waals surface area contributed by atoms with Crippen LogP contribution >= 0.6 is 0 Å². The summed E-state index contributed by atoms with van der Waals surface area (Å²) in [6, 6.07) is 0. The van der Waals surface area contributed by atoms with Gasteiger partial charge in [-0.3, -0.25) is 4.79 Å². The molecular formula is C11H19NO3. The Bertz CT molecular complexity index is 238. The van der Waals surface area contributed by atoms with Crippen LogP contribution in [-0.2, 0) is 9.53 Å². The Morgan fingerprint density at radius 3 is 2.80 bits per heavy atom. The topological polar surface area (TPSA) is 58.6 Å². The first-order valence-electron chi connectivity index (χ1n) is 5.74. The van der Waals surface area contributed by atoms with Crippen molar-refractivity contribution in [2.45, 2.75) is 38.4 Å². The van der Waals surface area contributed by atoms with Gasteiger partial charge in [0.15, 0.2) is 0 Å². The molecule has 1 heterocycles. The van der Waals surface area contributed by atoms with E-state index in [2.05, 4.69) is 5.32 Å². The van der Waals surface area contributed by atoms with Crippen molar-refractivity contribution in [3.63, 3.8) is 0 Å². The standard InChI is InChI=1S/C11H19NO3/c1-7-10(2-3-15-7)11(14)12-6-8-4-9(13)5-8/h7-10,13H,2-6H2,1H3,(H,12,14). The fourth-order valence-corrected chi connectivity index (χ4v) is 2.32. The summed E-state index contributed by atoms with van der Waals surface area (Å²) >= 11 is 0. The summed E-state index contributed by atoms with van der Waals surface area (Å²) in [5.74, 6) is 0.609. The minimum Gasteiger partial charge on any atom is -0.393 e. The van der Waals surface area contributed by atoms with Gasteiger partial charge in [-0.15, -0.1) is 0 Å². The van der Waals surface area contributed by atoms with Crippen molar-refractivity contribution < 1.29 is 14.6 Å². The summed E-state index contributed by atoms with van der Waals surface area (Å²) in [6.45, 7) is 3.35. The number of nitrogens with one attached hydrogen (secondary N) is 1. The molecule has 2 N–H and O–H groups in total. The maximum absolute atomic E-state index is 11.7. The fraction of sp³-hybridized carbons (Fsp3) is 0.909. The van der Waals surface area contributed by atoms with Crippen molar-refractivity contribution in [2.75, 3.05) is 13.2 Å². The predicted octanol–water partition coefficient (Wildman–Crippen LogP) is 0.298. The van der Waals surface area contributed by atoms with Gasteiger partial charge in [0, 0.05) is 13.2 Å². The highest BCUT2D eigenvalue weighted by Crippen LogP contribution is 2.26. The van der Waals surface area contributed by atoms with Gasteiger partial charge in [0.25, 0.3) is 0 Å². The van der Waals surface area contributed by atoms with Crippen molar-refractivity contribution in [3.05, 3.63) is 0 Å². The maximum Gasteiger partial charge on any atom is 0.225 e. The molecular weight excluding hydrogens is 194 g/mol. The van der Waals surface area contributed by atoms with Crippen LogP contribution in [0.5, 0.6) is 0 Å². The molecule has 0 aromatic rings. The number of rotatable bonds is 3. The average Bonchev–Trinajstić information content (AvgIpc) is 2.57. The highest BCUT2D eigenvalue weighted by Gasteiger charge is 2.32. The number of ether oxygens (including phenoxy) is 1. The Morgan fingerprint density at radius 2 is 2.27 bits per heavy atom. The van der Waals surface area contributed by atoms with Gasteiger partial charge in [-0.1, -0.05) is 0 Å². The zero-order chi connectivity index (χ0) is 10.8. The van der Waals surface area contributed by atoms with Crippen molar-refractivity contribution in [1.82, 2.24) is 5.32 Å². The number of aliphatic hydroxyl groups is 1. The predicted molar refractivity (Wildman–Crippen MR) is 55.3 cm³/mol. The van der Waals surface area contributed by atoms with Crippen LogP contribution in [-0.4, -0.2) is 36.4 Å². The molecule has 2 rings (SSSR count). The maximum atomic E-state index is 11.7. The van der Waals surface area contributed by atoms with E-state index in [1.807, 2.05) is 6.92 Å². The van der Waals surface area contributed by atoms with Crippen molar-refractivity contribution in [2.24, 2.45) is 11.8 Å². The smallest absolute Gasteiger partial charge is 0.225 e. The molecule has 4 nitrogen and oxygen atoms in total. The van der Waals surface area contributed by atoms with Crippen LogP contribution in [0, 0.1) is 11.8 Å². The lowest BCUT2D eigenvalue weighted by Crippen LogP contribution is -2.41. The van der Waals surface area contributed by atoms with E-state index in [4.69, 9.17) is 9.84 Å². The average molecular weight is 213 g/mol. The van der Waals surface area contributed by atoms with E-state index in [1.165, 1.54) is 0 Å². The van der Waals surface area contributed by atoms with Gasteiger partial charge < -0.3 is 15.2 Å². The van der Waals surface area contributed by atoms with E-state index in [-0.39, 0.29) is 24.0 Å². The number of hydrogen-bond acceptors (Lipinski definition) is 3. The normalized spacial score (nSPS) is 39.9. The zero-order valence-electron chi connectivity index (χ0n) is 9.11. The van der Waals surface area contributed by atoms with E-state index in [1.54, 1.807) is 0 Å². The summed E-state index contributed by atoms with van der Waals surface area (Å²) in [5.41, 5.74) is 0. The zero-order valence-corrected chi connectivity index (χ0v) is 9.11. The molecule has 0 radical (unpaired) electrons. The molecule has 1 aliphatic heterocycles. The van der Waals surface area contributed by atoms with E-state index in [0.29, 0.717) is 19.1 Å². The van der Waals surface area contributed by atoms with Gasteiger partial charge in [-0.05, 0) is 32.1 Å². The largest absolute Gasteiger partial charge is 0.393 e. The first-order valence-corrected chi connectivity index (χ1v) is 5.74. The minimum absolute atomic E-state index is 0.0231. The molecule has 1 saturated heterocycles. The van der Waals surface area contributed by atoms with Gasteiger partial charge in [-0.2, -0.15) is 0 Å². The SMILES string of the molecule is CC1OCCC1C(=O)NCC1CC(O)C1. The summed E-state index contributed by atoms with van der Waals surface area (Å²) < 4.78 is 5.35. The molecule has 0 aromatic carbocycles. The van der Waals surface area contributed by atoms with E-state index in [9.17, 15) is 4.79 Å². The summed E-state index contributed by atoms with van der Waals surface area (Å²) in [6.07, 6.45) is 2.41.